The van der Waals surface area contributed by atoms with Gasteiger partial charge < -0.3 is 9.88 Å². The Morgan fingerprint density at radius 3 is 2.39 bits per heavy atom. The molecule has 0 radical (unpaired) electrons. The van der Waals surface area contributed by atoms with Gasteiger partial charge in [0.15, 0.2) is 0 Å². The summed E-state index contributed by atoms with van der Waals surface area (Å²) in [6, 6.07) is 14.8. The van der Waals surface area contributed by atoms with Crippen LogP contribution in [0.1, 0.15) is 41.4 Å². The third kappa shape index (κ3) is 4.86. The fourth-order valence-corrected chi connectivity index (χ4v) is 6.12. The van der Waals surface area contributed by atoms with Crippen molar-refractivity contribution in [2.45, 2.75) is 37.6 Å². The fourth-order valence-electron chi connectivity index (χ4n) is 4.44. The summed E-state index contributed by atoms with van der Waals surface area (Å²) in [6.45, 7) is 4.42. The van der Waals surface area contributed by atoms with Crippen molar-refractivity contribution in [3.05, 3.63) is 83.4 Å². The Balaban J connectivity index is 1.46. The molecule has 0 spiro atoms. The first-order chi connectivity index (χ1) is 15.8. The molecule has 3 aromatic rings. The summed E-state index contributed by atoms with van der Waals surface area (Å²) in [7, 11) is -1.67. The van der Waals surface area contributed by atoms with E-state index in [-0.39, 0.29) is 17.9 Å². The smallest absolute Gasteiger partial charge is 0.243 e. The third-order valence-corrected chi connectivity index (χ3v) is 8.37. The largest absolute Gasteiger partial charge is 0.342 e. The van der Waals surface area contributed by atoms with E-state index in [1.54, 1.807) is 12.3 Å². The molecule has 174 valence electrons. The average Bonchev–Trinajstić information content (AvgIpc) is 3.23. The van der Waals surface area contributed by atoms with Gasteiger partial charge in [-0.15, -0.1) is 0 Å². The van der Waals surface area contributed by atoms with Crippen molar-refractivity contribution in [1.29, 1.82) is 0 Å². The molecule has 2 heterocycles. The number of nitrogens with one attached hydrogen (secondary N) is 1. The predicted molar refractivity (Wildman–Crippen MR) is 127 cm³/mol. The SMILES string of the molecule is Cc1ccc(S(=O)(=O)N2CCC(C(=O)NC(c3ccccc3)c3nccn3C)CC2)c(C)c1. The molecular formula is C25H30N4O3S. The van der Waals surface area contributed by atoms with Crippen LogP contribution in [0.2, 0.25) is 0 Å². The van der Waals surface area contributed by atoms with Gasteiger partial charge in [-0.3, -0.25) is 4.79 Å². The van der Waals surface area contributed by atoms with Crippen LogP contribution in [-0.4, -0.2) is 41.3 Å². The number of carbonyl (C=O) groups excluding carboxylic acids is 1. The first-order valence-corrected chi connectivity index (χ1v) is 12.6. The molecule has 2 aromatic carbocycles. The molecule has 7 nitrogen and oxygen atoms in total. The molecule has 8 heteroatoms. The minimum Gasteiger partial charge on any atom is -0.342 e. The normalized spacial score (nSPS) is 16.5. The summed E-state index contributed by atoms with van der Waals surface area (Å²) in [5.74, 6) is 0.432. The highest BCUT2D eigenvalue weighted by Crippen LogP contribution is 2.28. The van der Waals surface area contributed by atoms with Crippen LogP contribution in [-0.2, 0) is 21.9 Å². The molecule has 1 saturated heterocycles. The molecule has 0 aliphatic carbocycles. The molecule has 0 saturated carbocycles. The van der Waals surface area contributed by atoms with Crippen molar-refractivity contribution in [3.8, 4) is 0 Å². The zero-order chi connectivity index (χ0) is 23.6. The number of benzene rings is 2. The van der Waals surface area contributed by atoms with E-state index >= 15 is 0 Å². The summed E-state index contributed by atoms with van der Waals surface area (Å²) in [4.78, 5) is 18.0. The lowest BCUT2D eigenvalue weighted by atomic mass is 9.96. The van der Waals surface area contributed by atoms with Gasteiger partial charge >= 0.3 is 0 Å². The van der Waals surface area contributed by atoms with Crippen molar-refractivity contribution in [1.82, 2.24) is 19.2 Å². The summed E-state index contributed by atoms with van der Waals surface area (Å²) >= 11 is 0. The molecular weight excluding hydrogens is 436 g/mol. The van der Waals surface area contributed by atoms with Gasteiger partial charge in [0.05, 0.1) is 4.90 Å². The van der Waals surface area contributed by atoms with E-state index in [0.717, 1.165) is 22.5 Å². The minimum atomic E-state index is -3.58. The van der Waals surface area contributed by atoms with Crippen molar-refractivity contribution >= 4 is 15.9 Å². The number of imidazole rings is 1. The van der Waals surface area contributed by atoms with E-state index in [9.17, 15) is 13.2 Å². The highest BCUT2D eigenvalue weighted by molar-refractivity contribution is 7.89. The monoisotopic (exact) mass is 466 g/mol. The Bertz CT molecular complexity index is 1230. The summed E-state index contributed by atoms with van der Waals surface area (Å²) in [6.07, 6.45) is 4.54. The number of amides is 1. The van der Waals surface area contributed by atoms with Gasteiger partial charge in [-0.05, 0) is 43.9 Å². The van der Waals surface area contributed by atoms with Crippen LogP contribution in [0, 0.1) is 19.8 Å². The lowest BCUT2D eigenvalue weighted by Gasteiger charge is -2.32. The molecule has 1 aromatic heterocycles. The molecule has 1 aliphatic heterocycles. The Labute approximate surface area is 195 Å². The molecule has 33 heavy (non-hydrogen) atoms. The Morgan fingerprint density at radius 1 is 1.09 bits per heavy atom. The number of aryl methyl sites for hydroxylation is 3. The van der Waals surface area contributed by atoms with Gasteiger partial charge in [0.1, 0.15) is 11.9 Å². The molecule has 1 amide bonds. The molecule has 1 fully saturated rings. The quantitative estimate of drug-likeness (QED) is 0.604. The van der Waals surface area contributed by atoms with Gasteiger partial charge in [-0.1, -0.05) is 48.0 Å². The number of sulfonamides is 1. The van der Waals surface area contributed by atoms with E-state index in [2.05, 4.69) is 10.3 Å². The van der Waals surface area contributed by atoms with Crippen LogP contribution >= 0.6 is 0 Å². The van der Waals surface area contributed by atoms with Gasteiger partial charge in [-0.25, -0.2) is 13.4 Å². The van der Waals surface area contributed by atoms with Gasteiger partial charge in [-0.2, -0.15) is 4.31 Å². The van der Waals surface area contributed by atoms with E-state index < -0.39 is 10.0 Å². The molecule has 4 rings (SSSR count). The second-order valence-electron chi connectivity index (χ2n) is 8.70. The maximum Gasteiger partial charge on any atom is 0.243 e. The second kappa shape index (κ2) is 9.49. The Hall–Kier alpha value is -2.97. The summed E-state index contributed by atoms with van der Waals surface area (Å²) < 4.78 is 29.7. The maximum atomic E-state index is 13.2. The van der Waals surface area contributed by atoms with Crippen molar-refractivity contribution in [2.24, 2.45) is 13.0 Å². The number of carbonyl (C=O) groups is 1. The number of aromatic nitrogens is 2. The minimum absolute atomic E-state index is 0.0737. The highest BCUT2D eigenvalue weighted by Gasteiger charge is 2.34. The molecule has 1 aliphatic rings. The van der Waals surface area contributed by atoms with E-state index in [1.807, 2.05) is 74.1 Å². The Morgan fingerprint density at radius 2 is 1.79 bits per heavy atom. The first-order valence-electron chi connectivity index (χ1n) is 11.2. The molecule has 1 atom stereocenters. The molecule has 0 bridgehead atoms. The number of piperidine rings is 1. The number of nitrogens with zero attached hydrogens (tertiary/aromatic N) is 3. The van der Waals surface area contributed by atoms with Gasteiger partial charge in [0.2, 0.25) is 15.9 Å². The lowest BCUT2D eigenvalue weighted by molar-refractivity contribution is -0.126. The lowest BCUT2D eigenvalue weighted by Crippen LogP contribution is -2.44. The van der Waals surface area contributed by atoms with Crippen LogP contribution in [0.4, 0.5) is 0 Å². The number of rotatable bonds is 6. The zero-order valence-corrected chi connectivity index (χ0v) is 20.0. The average molecular weight is 467 g/mol. The van der Waals surface area contributed by atoms with Crippen LogP contribution < -0.4 is 5.32 Å². The Kier molecular flexibility index (Phi) is 6.67. The van der Waals surface area contributed by atoms with E-state index in [1.165, 1.54) is 4.31 Å². The van der Waals surface area contributed by atoms with E-state index in [4.69, 9.17) is 0 Å². The summed E-state index contributed by atoms with van der Waals surface area (Å²) in [5, 5.41) is 3.16. The van der Waals surface area contributed by atoms with E-state index in [0.29, 0.717) is 30.8 Å². The van der Waals surface area contributed by atoms with Gasteiger partial charge in [0.25, 0.3) is 0 Å². The molecule has 1 unspecified atom stereocenters. The van der Waals surface area contributed by atoms with Crippen molar-refractivity contribution in [2.75, 3.05) is 13.1 Å². The fraction of sp³-hybridized carbons (Fsp3) is 0.360. The topological polar surface area (TPSA) is 84.3 Å². The second-order valence-corrected chi connectivity index (χ2v) is 10.6. The third-order valence-electron chi connectivity index (χ3n) is 6.31. The number of hydrogen-bond acceptors (Lipinski definition) is 4. The highest BCUT2D eigenvalue weighted by atomic mass is 32.2. The van der Waals surface area contributed by atoms with Crippen molar-refractivity contribution in [3.63, 3.8) is 0 Å². The molecule has 1 N–H and O–H groups in total. The van der Waals surface area contributed by atoms with Crippen LogP contribution in [0.3, 0.4) is 0 Å². The van der Waals surface area contributed by atoms with Gasteiger partial charge in [0, 0.05) is 38.4 Å². The van der Waals surface area contributed by atoms with Crippen LogP contribution in [0.15, 0.2) is 65.8 Å². The predicted octanol–water partition coefficient (Wildman–Crippen LogP) is 3.34. The van der Waals surface area contributed by atoms with Crippen LogP contribution in [0.25, 0.3) is 0 Å². The zero-order valence-electron chi connectivity index (χ0n) is 19.2. The first kappa shape index (κ1) is 23.2. The number of hydrogen-bond donors (Lipinski definition) is 1. The maximum absolute atomic E-state index is 13.2. The standard InChI is InChI=1S/C25H30N4O3S/c1-18-9-10-22(19(2)17-18)33(31,32)29-14-11-21(12-15-29)25(30)27-23(20-7-5-4-6-8-20)24-26-13-16-28(24)3/h4-10,13,16-17,21,23H,11-12,14-15H2,1-3H3,(H,27,30). The summed E-state index contributed by atoms with van der Waals surface area (Å²) in [5.41, 5.74) is 2.73. The van der Waals surface area contributed by atoms with Crippen molar-refractivity contribution < 1.29 is 13.2 Å². The van der Waals surface area contributed by atoms with Crippen LogP contribution in [0.5, 0.6) is 0 Å².